The van der Waals surface area contributed by atoms with Crippen molar-refractivity contribution in [1.82, 2.24) is 15.0 Å². The number of para-hydroxylation sites is 2. The van der Waals surface area contributed by atoms with Crippen molar-refractivity contribution >= 4 is 25.3 Å². The average molecular weight is 438 g/mol. The topological polar surface area (TPSA) is 66.2 Å². The number of carbonyl (C=O) groups excluding carboxylic acids is 1. The maximum atomic E-state index is 11.5. The zero-order valence-corrected chi connectivity index (χ0v) is 19.9. The van der Waals surface area contributed by atoms with Gasteiger partial charge in [-0.2, -0.15) is 0 Å². The molecule has 0 spiro atoms. The molecule has 31 heavy (non-hydrogen) atoms. The largest absolute Gasteiger partial charge is 0.542 e. The minimum absolute atomic E-state index is 0.305. The van der Waals surface area contributed by atoms with E-state index in [9.17, 15) is 4.79 Å². The number of nitrogens with zero attached hydrogens (tertiary/aromatic N) is 3. The first-order valence-electron chi connectivity index (χ1n) is 10.9. The standard InChI is InChI=1S/C24H31N3O3Si/c1-6-31(7-2,8-3)30-23-12-10-9-11-22(23)27-25-20-14-13-19(17-21(20)26-27)15-16-29-24(28)18(4)5/h9-14,17H,4,6-8,15-16H2,1-3,5H3. The monoisotopic (exact) mass is 437 g/mol. The van der Waals surface area contributed by atoms with Crippen LogP contribution < -0.4 is 4.43 Å². The van der Waals surface area contributed by atoms with Crippen LogP contribution in [0.2, 0.25) is 18.1 Å². The highest BCUT2D eigenvalue weighted by Gasteiger charge is 2.31. The lowest BCUT2D eigenvalue weighted by molar-refractivity contribution is -0.138. The van der Waals surface area contributed by atoms with Gasteiger partial charge in [-0.05, 0) is 54.9 Å². The second-order valence-corrected chi connectivity index (χ2v) is 12.5. The van der Waals surface area contributed by atoms with Gasteiger partial charge in [0.05, 0.1) is 6.61 Å². The molecule has 2 aromatic carbocycles. The van der Waals surface area contributed by atoms with Gasteiger partial charge in [-0.15, -0.1) is 15.0 Å². The van der Waals surface area contributed by atoms with E-state index in [-0.39, 0.29) is 5.97 Å². The van der Waals surface area contributed by atoms with Gasteiger partial charge in [-0.1, -0.05) is 45.5 Å². The minimum atomic E-state index is -1.82. The SMILES string of the molecule is C=C(C)C(=O)OCCc1ccc2nn(-c3ccccc3O[Si](CC)(CC)CC)nc2c1. The Hall–Kier alpha value is -2.93. The molecule has 0 saturated heterocycles. The predicted molar refractivity (Wildman–Crippen MR) is 126 cm³/mol. The normalized spacial score (nSPS) is 11.5. The van der Waals surface area contributed by atoms with Crippen LogP contribution in [0.15, 0.2) is 54.6 Å². The number of aromatic nitrogens is 3. The van der Waals surface area contributed by atoms with Crippen LogP contribution in [-0.2, 0) is 16.0 Å². The van der Waals surface area contributed by atoms with E-state index in [1.165, 1.54) is 0 Å². The fourth-order valence-electron chi connectivity index (χ4n) is 3.52. The van der Waals surface area contributed by atoms with Crippen LogP contribution in [0.25, 0.3) is 16.7 Å². The van der Waals surface area contributed by atoms with E-state index in [0.29, 0.717) is 18.6 Å². The number of fused-ring (bicyclic) bond motifs is 1. The summed E-state index contributed by atoms with van der Waals surface area (Å²) < 4.78 is 11.8. The molecule has 0 bridgehead atoms. The Morgan fingerprint density at radius 2 is 1.71 bits per heavy atom. The van der Waals surface area contributed by atoms with E-state index in [1.54, 1.807) is 11.7 Å². The lowest BCUT2D eigenvalue weighted by Gasteiger charge is -2.29. The van der Waals surface area contributed by atoms with E-state index < -0.39 is 8.32 Å². The third-order valence-electron chi connectivity index (χ3n) is 5.76. The first-order chi connectivity index (χ1) is 14.9. The molecule has 0 aliphatic carbocycles. The first-order valence-corrected chi connectivity index (χ1v) is 13.4. The van der Waals surface area contributed by atoms with Crippen molar-refractivity contribution in [3.8, 4) is 11.4 Å². The van der Waals surface area contributed by atoms with Gasteiger partial charge in [0.15, 0.2) is 0 Å². The number of benzene rings is 2. The van der Waals surface area contributed by atoms with Crippen LogP contribution in [0, 0.1) is 0 Å². The quantitative estimate of drug-likeness (QED) is 0.239. The van der Waals surface area contributed by atoms with Crippen molar-refractivity contribution in [2.24, 2.45) is 0 Å². The summed E-state index contributed by atoms with van der Waals surface area (Å²) in [6.07, 6.45) is 0.610. The smallest absolute Gasteiger partial charge is 0.333 e. The van der Waals surface area contributed by atoms with Crippen LogP contribution in [-0.4, -0.2) is 35.9 Å². The summed E-state index contributed by atoms with van der Waals surface area (Å²) in [6.45, 7) is 12.2. The summed E-state index contributed by atoms with van der Waals surface area (Å²) in [7, 11) is -1.82. The van der Waals surface area contributed by atoms with E-state index in [2.05, 4.69) is 32.4 Å². The number of hydrogen-bond acceptors (Lipinski definition) is 5. The molecule has 0 fully saturated rings. The molecule has 0 aliphatic rings. The Labute approximate surface area is 185 Å². The predicted octanol–water partition coefficient (Wildman–Crippen LogP) is 5.47. The average Bonchev–Trinajstić information content (AvgIpc) is 3.21. The molecule has 7 heteroatoms. The highest BCUT2D eigenvalue weighted by Crippen LogP contribution is 2.30. The highest BCUT2D eigenvalue weighted by atomic mass is 28.4. The van der Waals surface area contributed by atoms with Crippen LogP contribution >= 0.6 is 0 Å². The van der Waals surface area contributed by atoms with Crippen LogP contribution in [0.4, 0.5) is 0 Å². The van der Waals surface area contributed by atoms with Crippen LogP contribution in [0.5, 0.6) is 5.75 Å². The molecule has 0 saturated carbocycles. The molecule has 164 valence electrons. The maximum Gasteiger partial charge on any atom is 0.333 e. The van der Waals surface area contributed by atoms with Crippen molar-refractivity contribution in [2.75, 3.05) is 6.61 Å². The number of ether oxygens (including phenoxy) is 1. The molecular formula is C24H31N3O3Si. The van der Waals surface area contributed by atoms with Crippen LogP contribution in [0.3, 0.4) is 0 Å². The molecule has 3 aromatic rings. The van der Waals surface area contributed by atoms with Crippen LogP contribution in [0.1, 0.15) is 33.3 Å². The summed E-state index contributed by atoms with van der Waals surface area (Å²) in [4.78, 5) is 13.2. The maximum absolute atomic E-state index is 11.5. The molecular weight excluding hydrogens is 406 g/mol. The summed E-state index contributed by atoms with van der Waals surface area (Å²) in [5.74, 6) is 0.474. The van der Waals surface area contributed by atoms with E-state index in [4.69, 9.17) is 14.3 Å². The second-order valence-electron chi connectivity index (χ2n) is 7.79. The fraction of sp³-hybridized carbons (Fsp3) is 0.375. The van der Waals surface area contributed by atoms with Crippen molar-refractivity contribution in [1.29, 1.82) is 0 Å². The molecule has 0 atom stereocenters. The van der Waals surface area contributed by atoms with Gasteiger partial charge in [0.2, 0.25) is 0 Å². The Balaban J connectivity index is 1.84. The molecule has 0 radical (unpaired) electrons. The van der Waals surface area contributed by atoms with Gasteiger partial charge in [0, 0.05) is 12.0 Å². The summed E-state index contributed by atoms with van der Waals surface area (Å²) in [5.41, 5.74) is 3.89. The Kier molecular flexibility index (Phi) is 7.28. The molecule has 6 nitrogen and oxygen atoms in total. The molecule has 1 aromatic heterocycles. The number of hydrogen-bond donors (Lipinski definition) is 0. The molecule has 0 unspecified atom stereocenters. The van der Waals surface area contributed by atoms with Gasteiger partial charge in [0.1, 0.15) is 22.5 Å². The van der Waals surface area contributed by atoms with E-state index >= 15 is 0 Å². The van der Waals surface area contributed by atoms with Gasteiger partial charge in [-0.3, -0.25) is 0 Å². The third kappa shape index (κ3) is 5.22. The summed E-state index contributed by atoms with van der Waals surface area (Å²) in [5, 5.41) is 9.37. The zero-order chi connectivity index (χ0) is 22.4. The molecule has 0 aliphatic heterocycles. The third-order valence-corrected chi connectivity index (χ3v) is 10.3. The van der Waals surface area contributed by atoms with Gasteiger partial charge < -0.3 is 9.16 Å². The number of rotatable bonds is 10. The van der Waals surface area contributed by atoms with Crippen molar-refractivity contribution in [3.63, 3.8) is 0 Å². The van der Waals surface area contributed by atoms with Gasteiger partial charge in [-0.25, -0.2) is 4.79 Å². The molecule has 3 rings (SSSR count). The number of esters is 1. The minimum Gasteiger partial charge on any atom is -0.542 e. The summed E-state index contributed by atoms with van der Waals surface area (Å²) >= 11 is 0. The fourth-order valence-corrected chi connectivity index (χ4v) is 6.09. The Bertz CT molecular complexity index is 1060. The first kappa shape index (κ1) is 22.7. The highest BCUT2D eigenvalue weighted by molar-refractivity contribution is 6.74. The number of carbonyl (C=O) groups is 1. The molecule has 1 heterocycles. The second kappa shape index (κ2) is 9.92. The van der Waals surface area contributed by atoms with Crippen molar-refractivity contribution in [3.05, 3.63) is 60.2 Å². The lowest BCUT2D eigenvalue weighted by atomic mass is 10.1. The lowest BCUT2D eigenvalue weighted by Crippen LogP contribution is -2.39. The van der Waals surface area contributed by atoms with Gasteiger partial charge in [0.25, 0.3) is 8.32 Å². The Morgan fingerprint density at radius 1 is 1.03 bits per heavy atom. The molecule has 0 N–H and O–H groups in total. The van der Waals surface area contributed by atoms with Crippen molar-refractivity contribution in [2.45, 2.75) is 52.2 Å². The van der Waals surface area contributed by atoms with Gasteiger partial charge >= 0.3 is 5.97 Å². The zero-order valence-electron chi connectivity index (χ0n) is 18.9. The van der Waals surface area contributed by atoms with E-state index in [0.717, 1.165) is 46.2 Å². The summed E-state index contributed by atoms with van der Waals surface area (Å²) in [6, 6.07) is 17.1. The molecule has 0 amide bonds. The van der Waals surface area contributed by atoms with Crippen molar-refractivity contribution < 1.29 is 14.0 Å². The van der Waals surface area contributed by atoms with E-state index in [1.807, 2.05) is 42.5 Å². The Morgan fingerprint density at radius 3 is 2.39 bits per heavy atom.